The summed E-state index contributed by atoms with van der Waals surface area (Å²) in [6.07, 6.45) is 3.52. The fourth-order valence-electron chi connectivity index (χ4n) is 2.39. The van der Waals surface area contributed by atoms with Crippen molar-refractivity contribution in [2.75, 3.05) is 0 Å². The van der Waals surface area contributed by atoms with Crippen molar-refractivity contribution in [3.63, 3.8) is 0 Å². The molecule has 0 aliphatic heterocycles. The quantitative estimate of drug-likeness (QED) is 0.698. The molecule has 2 aromatic carbocycles. The molecule has 0 N–H and O–H groups in total. The number of pyridine rings is 1. The van der Waals surface area contributed by atoms with Gasteiger partial charge in [-0.05, 0) is 23.3 Å². The molecule has 3 heteroatoms. The summed E-state index contributed by atoms with van der Waals surface area (Å²) in [7, 11) is 1.86. The number of hydrogen-bond acceptors (Lipinski definition) is 1. The van der Waals surface area contributed by atoms with Crippen LogP contribution >= 0.6 is 0 Å². The van der Waals surface area contributed by atoms with Crippen LogP contribution in [0.15, 0.2) is 71.8 Å². The molecule has 0 radical (unpaired) electrons. The normalized spacial score (nSPS) is 10.6. The van der Waals surface area contributed by atoms with Crippen LogP contribution in [-0.4, -0.2) is 4.57 Å². The van der Waals surface area contributed by atoms with Gasteiger partial charge < -0.3 is 4.57 Å². The van der Waals surface area contributed by atoms with Crippen molar-refractivity contribution in [1.29, 1.82) is 0 Å². The molecule has 104 valence electrons. The lowest BCUT2D eigenvalue weighted by Gasteiger charge is -2.09. The number of aromatic nitrogens is 1. The number of benzene rings is 2. The van der Waals surface area contributed by atoms with E-state index in [9.17, 15) is 9.18 Å². The SMILES string of the molecule is Cn1cc(-c2ccccc2)c(=O)c(-c2cccc(F)c2)c1. The minimum atomic E-state index is -0.348. The molecular formula is C18H14FNO. The summed E-state index contributed by atoms with van der Waals surface area (Å²) >= 11 is 0. The van der Waals surface area contributed by atoms with E-state index < -0.39 is 0 Å². The molecule has 21 heavy (non-hydrogen) atoms. The van der Waals surface area contributed by atoms with Crippen molar-refractivity contribution in [3.8, 4) is 22.3 Å². The predicted molar refractivity (Wildman–Crippen MR) is 82.5 cm³/mol. The van der Waals surface area contributed by atoms with Crippen LogP contribution < -0.4 is 5.43 Å². The highest BCUT2D eigenvalue weighted by Gasteiger charge is 2.11. The summed E-state index contributed by atoms with van der Waals surface area (Å²) in [5, 5.41) is 0. The van der Waals surface area contributed by atoms with Crippen molar-refractivity contribution in [2.45, 2.75) is 0 Å². The first-order chi connectivity index (χ1) is 10.1. The number of hydrogen-bond donors (Lipinski definition) is 0. The third kappa shape index (κ3) is 2.63. The van der Waals surface area contributed by atoms with E-state index in [2.05, 4.69) is 0 Å². The summed E-state index contributed by atoms with van der Waals surface area (Å²) in [5.41, 5.74) is 2.47. The topological polar surface area (TPSA) is 22.0 Å². The molecule has 2 nitrogen and oxygen atoms in total. The molecule has 1 aromatic heterocycles. The molecule has 0 amide bonds. The first-order valence-corrected chi connectivity index (χ1v) is 6.67. The fourth-order valence-corrected chi connectivity index (χ4v) is 2.39. The van der Waals surface area contributed by atoms with Crippen LogP contribution in [0.1, 0.15) is 0 Å². The van der Waals surface area contributed by atoms with Crippen LogP contribution in [-0.2, 0) is 7.05 Å². The zero-order chi connectivity index (χ0) is 14.8. The average molecular weight is 279 g/mol. The van der Waals surface area contributed by atoms with Gasteiger partial charge in [0.25, 0.3) is 0 Å². The van der Waals surface area contributed by atoms with E-state index in [0.717, 1.165) is 5.56 Å². The molecule has 0 aliphatic carbocycles. The Kier molecular flexibility index (Phi) is 3.40. The van der Waals surface area contributed by atoms with Gasteiger partial charge in [0, 0.05) is 30.6 Å². The van der Waals surface area contributed by atoms with E-state index in [-0.39, 0.29) is 11.2 Å². The highest BCUT2D eigenvalue weighted by molar-refractivity contribution is 5.71. The lowest BCUT2D eigenvalue weighted by atomic mass is 10.0. The molecule has 0 fully saturated rings. The van der Waals surface area contributed by atoms with E-state index in [1.807, 2.05) is 41.9 Å². The van der Waals surface area contributed by atoms with Crippen molar-refractivity contribution >= 4 is 0 Å². The molecule has 1 heterocycles. The van der Waals surface area contributed by atoms with Gasteiger partial charge in [-0.1, -0.05) is 42.5 Å². The monoisotopic (exact) mass is 279 g/mol. The van der Waals surface area contributed by atoms with Crippen LogP contribution in [0.5, 0.6) is 0 Å². The summed E-state index contributed by atoms with van der Waals surface area (Å²) in [5.74, 6) is -0.348. The fraction of sp³-hybridized carbons (Fsp3) is 0.0556. The zero-order valence-electron chi connectivity index (χ0n) is 11.6. The van der Waals surface area contributed by atoms with Gasteiger partial charge >= 0.3 is 0 Å². The van der Waals surface area contributed by atoms with E-state index in [0.29, 0.717) is 16.7 Å². The summed E-state index contributed by atoms with van der Waals surface area (Å²) in [6.45, 7) is 0. The maximum Gasteiger partial charge on any atom is 0.197 e. The van der Waals surface area contributed by atoms with E-state index >= 15 is 0 Å². The van der Waals surface area contributed by atoms with Crippen LogP contribution in [0.3, 0.4) is 0 Å². The largest absolute Gasteiger partial charge is 0.356 e. The van der Waals surface area contributed by atoms with Gasteiger partial charge in [0.1, 0.15) is 5.82 Å². The Morgan fingerprint density at radius 2 is 1.48 bits per heavy atom. The van der Waals surface area contributed by atoms with Crippen molar-refractivity contribution in [1.82, 2.24) is 4.57 Å². The van der Waals surface area contributed by atoms with Crippen LogP contribution in [0.4, 0.5) is 4.39 Å². The second kappa shape index (κ2) is 5.37. The Morgan fingerprint density at radius 1 is 0.857 bits per heavy atom. The lowest BCUT2D eigenvalue weighted by molar-refractivity contribution is 0.628. The van der Waals surface area contributed by atoms with Crippen molar-refractivity contribution < 1.29 is 4.39 Å². The summed E-state index contributed by atoms with van der Waals surface area (Å²) in [4.78, 5) is 12.7. The van der Waals surface area contributed by atoms with Gasteiger partial charge in [-0.2, -0.15) is 0 Å². The Labute approximate surface area is 122 Å². The maximum absolute atomic E-state index is 13.4. The third-order valence-electron chi connectivity index (χ3n) is 3.38. The van der Waals surface area contributed by atoms with Crippen LogP contribution in [0, 0.1) is 5.82 Å². The molecule has 0 aliphatic rings. The zero-order valence-corrected chi connectivity index (χ0v) is 11.6. The second-order valence-corrected chi connectivity index (χ2v) is 4.96. The van der Waals surface area contributed by atoms with Gasteiger partial charge in [-0.25, -0.2) is 4.39 Å². The van der Waals surface area contributed by atoms with Gasteiger partial charge in [-0.15, -0.1) is 0 Å². The molecular weight excluding hydrogens is 265 g/mol. The average Bonchev–Trinajstić information content (AvgIpc) is 2.50. The second-order valence-electron chi connectivity index (χ2n) is 4.96. The lowest BCUT2D eigenvalue weighted by Crippen LogP contribution is -2.11. The van der Waals surface area contributed by atoms with Gasteiger partial charge in [0.05, 0.1) is 0 Å². The van der Waals surface area contributed by atoms with Crippen molar-refractivity contribution in [2.24, 2.45) is 7.05 Å². The molecule has 0 unspecified atom stereocenters. The summed E-state index contributed by atoms with van der Waals surface area (Å²) < 4.78 is 15.2. The van der Waals surface area contributed by atoms with E-state index in [4.69, 9.17) is 0 Å². The van der Waals surface area contributed by atoms with E-state index in [1.54, 1.807) is 24.5 Å². The highest BCUT2D eigenvalue weighted by Crippen LogP contribution is 2.21. The number of aryl methyl sites for hydroxylation is 1. The Bertz CT molecular complexity index is 837. The van der Waals surface area contributed by atoms with Crippen LogP contribution in [0.2, 0.25) is 0 Å². The highest BCUT2D eigenvalue weighted by atomic mass is 19.1. The molecule has 0 bridgehead atoms. The number of nitrogens with zero attached hydrogens (tertiary/aromatic N) is 1. The maximum atomic E-state index is 13.4. The van der Waals surface area contributed by atoms with Gasteiger partial charge in [-0.3, -0.25) is 4.79 Å². The smallest absolute Gasteiger partial charge is 0.197 e. The van der Waals surface area contributed by atoms with Gasteiger partial charge in [0.2, 0.25) is 0 Å². The van der Waals surface area contributed by atoms with Gasteiger partial charge in [0.15, 0.2) is 5.43 Å². The standard InChI is InChI=1S/C18H14FNO/c1-20-11-16(13-6-3-2-4-7-13)18(21)17(12-20)14-8-5-9-15(19)10-14/h2-12H,1H3. The first kappa shape index (κ1) is 13.3. The molecule has 0 spiro atoms. The Hall–Kier alpha value is -2.68. The molecule has 0 saturated heterocycles. The molecule has 3 aromatic rings. The molecule has 3 rings (SSSR count). The van der Waals surface area contributed by atoms with Crippen LogP contribution in [0.25, 0.3) is 22.3 Å². The predicted octanol–water partition coefficient (Wildman–Crippen LogP) is 3.86. The first-order valence-electron chi connectivity index (χ1n) is 6.67. The Morgan fingerprint density at radius 3 is 2.14 bits per heavy atom. The number of halogens is 1. The minimum absolute atomic E-state index is 0.0927. The molecule has 0 atom stereocenters. The molecule has 0 saturated carbocycles. The minimum Gasteiger partial charge on any atom is -0.356 e. The van der Waals surface area contributed by atoms with Crippen molar-refractivity contribution in [3.05, 3.63) is 83.0 Å². The van der Waals surface area contributed by atoms with E-state index in [1.165, 1.54) is 12.1 Å². The Balaban J connectivity index is 2.24. The number of rotatable bonds is 2. The third-order valence-corrected chi connectivity index (χ3v) is 3.38. The summed E-state index contributed by atoms with van der Waals surface area (Å²) in [6, 6.07) is 15.6.